The zero-order valence-electron chi connectivity index (χ0n) is 24.3. The minimum Gasteiger partial charge on any atom is -0.491 e. The molecule has 1 aliphatic heterocycles. The number of benzene rings is 3. The first-order valence-electron chi connectivity index (χ1n) is 13.8. The molecule has 0 radical (unpaired) electrons. The number of likely N-dealkylation sites (tertiary alicyclic amines) is 1. The van der Waals surface area contributed by atoms with Crippen LogP contribution in [0.5, 0.6) is 5.75 Å². The average molecular weight is 628 g/mol. The van der Waals surface area contributed by atoms with Gasteiger partial charge in [0.25, 0.3) is 0 Å². The zero-order chi connectivity index (χ0) is 30.3. The van der Waals surface area contributed by atoms with Gasteiger partial charge in [0.15, 0.2) is 0 Å². The zero-order valence-corrected chi connectivity index (χ0v) is 26.0. The Morgan fingerprint density at radius 3 is 2.19 bits per heavy atom. The summed E-state index contributed by atoms with van der Waals surface area (Å²) in [6.45, 7) is 0.556. The molecule has 1 heterocycles. The Balaban J connectivity index is 0.00000506. The van der Waals surface area contributed by atoms with Crippen molar-refractivity contribution in [1.29, 1.82) is 5.41 Å². The molecular weight excluding hydrogens is 590 g/mol. The van der Waals surface area contributed by atoms with Crippen molar-refractivity contribution in [3.63, 3.8) is 0 Å². The molecule has 0 aliphatic carbocycles. The van der Waals surface area contributed by atoms with E-state index < -0.39 is 33.0 Å². The summed E-state index contributed by atoms with van der Waals surface area (Å²) in [5.74, 6) is -0.799. The highest BCUT2D eigenvalue weighted by atomic mass is 35.5. The molecule has 0 unspecified atom stereocenters. The molecule has 3 aromatic rings. The SMILES string of the molecule is COC(=O)C[C@]1(CS(C)(=O)=O)C[C@@H](COc2ccc(-c3ccc(C(=N)N)cc3)cc2)N(CCCc2ccccc2)C1=O.Cl. The van der Waals surface area contributed by atoms with Crippen LogP contribution >= 0.6 is 12.4 Å². The van der Waals surface area contributed by atoms with Gasteiger partial charge < -0.3 is 20.1 Å². The number of carbonyl (C=O) groups is 2. The Morgan fingerprint density at radius 1 is 1.02 bits per heavy atom. The third kappa shape index (κ3) is 8.81. The minimum atomic E-state index is -3.58. The molecule has 1 aliphatic rings. The van der Waals surface area contributed by atoms with Crippen molar-refractivity contribution in [1.82, 2.24) is 4.90 Å². The van der Waals surface area contributed by atoms with Gasteiger partial charge in [0.1, 0.15) is 28.0 Å². The second-order valence-corrected chi connectivity index (χ2v) is 13.0. The summed E-state index contributed by atoms with van der Waals surface area (Å²) >= 11 is 0. The summed E-state index contributed by atoms with van der Waals surface area (Å²) in [5, 5.41) is 7.55. The molecule has 11 heteroatoms. The van der Waals surface area contributed by atoms with Crippen LogP contribution in [0, 0.1) is 10.8 Å². The van der Waals surface area contributed by atoms with Crippen molar-refractivity contribution >= 4 is 40.0 Å². The highest BCUT2D eigenvalue weighted by Crippen LogP contribution is 2.41. The Kier molecular flexibility index (Phi) is 11.4. The van der Waals surface area contributed by atoms with E-state index in [0.717, 1.165) is 29.4 Å². The first kappa shape index (κ1) is 33.6. The normalized spacial score (nSPS) is 18.1. The molecule has 0 saturated carbocycles. The molecule has 0 spiro atoms. The fraction of sp³-hybridized carbons (Fsp3) is 0.344. The number of nitrogen functional groups attached to an aromatic ring is 1. The quantitative estimate of drug-likeness (QED) is 0.164. The highest BCUT2D eigenvalue weighted by Gasteiger charge is 2.54. The van der Waals surface area contributed by atoms with Gasteiger partial charge in [-0.15, -0.1) is 12.4 Å². The number of nitrogens with zero attached hydrogens (tertiary/aromatic N) is 1. The van der Waals surface area contributed by atoms with Crippen LogP contribution in [0.3, 0.4) is 0 Å². The van der Waals surface area contributed by atoms with E-state index in [1.165, 1.54) is 7.11 Å². The number of halogens is 1. The van der Waals surface area contributed by atoms with Crippen molar-refractivity contribution < 1.29 is 27.5 Å². The number of nitrogens with two attached hydrogens (primary N) is 1. The molecule has 1 amide bonds. The lowest BCUT2D eigenvalue weighted by atomic mass is 9.83. The topological polar surface area (TPSA) is 140 Å². The summed E-state index contributed by atoms with van der Waals surface area (Å²) in [5.41, 5.74) is 7.86. The monoisotopic (exact) mass is 627 g/mol. The van der Waals surface area contributed by atoms with Gasteiger partial charge in [-0.05, 0) is 48.1 Å². The molecular formula is C32H38ClN3O6S. The first-order valence-corrected chi connectivity index (χ1v) is 15.8. The van der Waals surface area contributed by atoms with Crippen LogP contribution in [-0.2, 0) is 30.6 Å². The van der Waals surface area contributed by atoms with E-state index in [4.69, 9.17) is 20.6 Å². The van der Waals surface area contributed by atoms with Crippen LogP contribution in [0.15, 0.2) is 78.9 Å². The molecule has 3 N–H and O–H groups in total. The summed E-state index contributed by atoms with van der Waals surface area (Å²) < 4.78 is 35.8. The van der Waals surface area contributed by atoms with Gasteiger partial charge in [-0.25, -0.2) is 8.42 Å². The van der Waals surface area contributed by atoms with E-state index in [9.17, 15) is 18.0 Å². The molecule has 230 valence electrons. The van der Waals surface area contributed by atoms with Crippen molar-refractivity contribution in [2.45, 2.75) is 31.7 Å². The van der Waals surface area contributed by atoms with Gasteiger partial charge in [-0.1, -0.05) is 66.7 Å². The van der Waals surface area contributed by atoms with E-state index in [1.807, 2.05) is 66.7 Å². The van der Waals surface area contributed by atoms with Gasteiger partial charge >= 0.3 is 5.97 Å². The number of aryl methyl sites for hydroxylation is 1. The third-order valence-corrected chi connectivity index (χ3v) is 8.64. The fourth-order valence-corrected chi connectivity index (χ4v) is 6.95. The Labute approximate surface area is 259 Å². The van der Waals surface area contributed by atoms with Crippen LogP contribution in [0.4, 0.5) is 0 Å². The molecule has 0 bridgehead atoms. The third-order valence-electron chi connectivity index (χ3n) is 7.56. The lowest BCUT2D eigenvalue weighted by Gasteiger charge is -2.26. The predicted molar refractivity (Wildman–Crippen MR) is 169 cm³/mol. The molecule has 9 nitrogen and oxygen atoms in total. The Bertz CT molecular complexity index is 1510. The second-order valence-electron chi connectivity index (χ2n) is 10.9. The fourth-order valence-electron chi connectivity index (χ4n) is 5.60. The lowest BCUT2D eigenvalue weighted by molar-refractivity contribution is -0.148. The van der Waals surface area contributed by atoms with Crippen LogP contribution in [0.25, 0.3) is 11.1 Å². The maximum atomic E-state index is 13.9. The summed E-state index contributed by atoms with van der Waals surface area (Å²) in [4.78, 5) is 27.9. The minimum absolute atomic E-state index is 0. The highest BCUT2D eigenvalue weighted by molar-refractivity contribution is 7.90. The largest absolute Gasteiger partial charge is 0.491 e. The molecule has 0 aromatic heterocycles. The Morgan fingerprint density at radius 2 is 1.63 bits per heavy atom. The van der Waals surface area contributed by atoms with E-state index >= 15 is 0 Å². The van der Waals surface area contributed by atoms with Crippen molar-refractivity contribution in [2.75, 3.05) is 32.3 Å². The van der Waals surface area contributed by atoms with Gasteiger partial charge in [0, 0.05) is 18.4 Å². The molecule has 1 saturated heterocycles. The van der Waals surface area contributed by atoms with E-state index in [1.54, 1.807) is 17.0 Å². The molecule has 1 fully saturated rings. The number of carbonyl (C=O) groups excluding carboxylic acids is 2. The number of sulfone groups is 1. The summed E-state index contributed by atoms with van der Waals surface area (Å²) in [7, 11) is -2.35. The van der Waals surface area contributed by atoms with Crippen molar-refractivity contribution in [3.8, 4) is 16.9 Å². The second kappa shape index (κ2) is 14.5. The van der Waals surface area contributed by atoms with Crippen molar-refractivity contribution in [2.24, 2.45) is 11.1 Å². The number of nitrogens with one attached hydrogen (secondary N) is 1. The molecule has 3 aromatic carbocycles. The number of hydrogen-bond acceptors (Lipinski definition) is 7. The number of rotatable bonds is 13. The van der Waals surface area contributed by atoms with Crippen LogP contribution in [0.2, 0.25) is 0 Å². The first-order chi connectivity index (χ1) is 20.0. The smallest absolute Gasteiger partial charge is 0.306 e. The number of hydrogen-bond donors (Lipinski definition) is 2. The molecule has 2 atom stereocenters. The number of ether oxygens (including phenoxy) is 2. The number of amides is 1. The number of methoxy groups -OCH3 is 1. The van der Waals surface area contributed by atoms with E-state index in [0.29, 0.717) is 24.3 Å². The molecule has 43 heavy (non-hydrogen) atoms. The van der Waals surface area contributed by atoms with Gasteiger partial charge in [-0.2, -0.15) is 0 Å². The predicted octanol–water partition coefficient (Wildman–Crippen LogP) is 4.27. The Hall–Kier alpha value is -3.89. The van der Waals surface area contributed by atoms with Crippen LogP contribution < -0.4 is 10.5 Å². The molecule has 4 rings (SSSR count). The maximum Gasteiger partial charge on any atom is 0.306 e. The van der Waals surface area contributed by atoms with Crippen LogP contribution in [-0.4, -0.2) is 69.3 Å². The lowest BCUT2D eigenvalue weighted by Crippen LogP contribution is -2.42. The van der Waals surface area contributed by atoms with E-state index in [2.05, 4.69) is 0 Å². The average Bonchev–Trinajstić information content (AvgIpc) is 3.21. The summed E-state index contributed by atoms with van der Waals surface area (Å²) in [6.07, 6.45) is 2.37. The standard InChI is InChI=1S/C32H37N3O6S.ClH/c1-40-29(36)20-32(22-42(2,38)39)19-27(35(31(32)37)18-6-9-23-7-4-3-5-8-23)21-41-28-16-14-25(15-17-28)24-10-12-26(13-11-24)30(33)34;/h3-5,7-8,10-17,27H,6,9,18-22H2,1-2H3,(H3,33,34);1H/t27-,32-;/m0./s1. The maximum absolute atomic E-state index is 13.9. The summed E-state index contributed by atoms with van der Waals surface area (Å²) in [6, 6.07) is 24.4. The van der Waals surface area contributed by atoms with Crippen LogP contribution in [0.1, 0.15) is 30.4 Å². The van der Waals surface area contributed by atoms with Gasteiger partial charge in [0.05, 0.1) is 30.7 Å². The number of amidine groups is 1. The van der Waals surface area contributed by atoms with Gasteiger partial charge in [0.2, 0.25) is 5.91 Å². The van der Waals surface area contributed by atoms with E-state index in [-0.39, 0.29) is 43.6 Å². The van der Waals surface area contributed by atoms with Crippen molar-refractivity contribution in [3.05, 3.63) is 90.0 Å². The van der Waals surface area contributed by atoms with Gasteiger partial charge in [-0.3, -0.25) is 15.0 Å². The number of esters is 1.